The predicted octanol–water partition coefficient (Wildman–Crippen LogP) is 3.53. The molecule has 1 aromatic carbocycles. The van der Waals surface area contributed by atoms with Gasteiger partial charge >= 0.3 is 5.97 Å². The molecule has 1 saturated carbocycles. The minimum absolute atomic E-state index is 0.116. The van der Waals surface area contributed by atoms with E-state index < -0.39 is 17.3 Å². The third-order valence-corrected chi connectivity index (χ3v) is 4.66. The molecule has 0 unspecified atom stereocenters. The van der Waals surface area contributed by atoms with Crippen molar-refractivity contribution in [2.45, 2.75) is 13.3 Å². The molecule has 1 heterocycles. The topological polar surface area (TPSA) is 104 Å². The number of nitrogens with zero attached hydrogens (tertiary/aromatic N) is 2. The Morgan fingerprint density at radius 1 is 1.19 bits per heavy atom. The number of esters is 1. The van der Waals surface area contributed by atoms with Crippen LogP contribution in [0.5, 0.6) is 0 Å². The van der Waals surface area contributed by atoms with Gasteiger partial charge in [0.1, 0.15) is 28.9 Å². The molecule has 2 atom stereocenters. The normalized spacial score (nSPS) is 20.0. The highest BCUT2D eigenvalue weighted by Gasteiger charge is 2.68. The zero-order valence-corrected chi connectivity index (χ0v) is 14.6. The summed E-state index contributed by atoms with van der Waals surface area (Å²) in [6, 6.07) is 15.4. The van der Waals surface area contributed by atoms with Crippen molar-refractivity contribution >= 4 is 17.3 Å². The van der Waals surface area contributed by atoms with Crippen LogP contribution in [0, 0.1) is 34.0 Å². The van der Waals surface area contributed by atoms with E-state index in [9.17, 15) is 20.1 Å². The number of Topliss-reactive ketones (excluding diaryl/α,β-unsaturated/α-hetero) is 1. The lowest BCUT2D eigenvalue weighted by Crippen LogP contribution is -2.26. The molecule has 1 aliphatic rings. The predicted molar refractivity (Wildman–Crippen MR) is 94.8 cm³/mol. The molecule has 1 aliphatic carbocycles. The lowest BCUT2D eigenvalue weighted by molar-refractivity contribution is -0.147. The zero-order chi connectivity index (χ0) is 19.4. The Morgan fingerprint density at radius 2 is 1.89 bits per heavy atom. The van der Waals surface area contributed by atoms with Crippen LogP contribution in [0.4, 0.5) is 0 Å². The SMILES string of the molecule is CCOC(=O)[C@]1(C(=C(C#N)C#N)c2ccco2)C[C@H]1C(=O)c1ccccc1. The Kier molecular flexibility index (Phi) is 4.92. The molecule has 6 nitrogen and oxygen atoms in total. The fourth-order valence-electron chi connectivity index (χ4n) is 3.37. The number of carbonyl (C=O) groups excluding carboxylic acids is 2. The molecule has 0 radical (unpaired) electrons. The maximum absolute atomic E-state index is 13.0. The van der Waals surface area contributed by atoms with Crippen molar-refractivity contribution < 1.29 is 18.7 Å². The summed E-state index contributed by atoms with van der Waals surface area (Å²) in [6.07, 6.45) is 1.54. The van der Waals surface area contributed by atoms with Gasteiger partial charge in [-0.25, -0.2) is 0 Å². The maximum atomic E-state index is 13.0. The molecule has 0 N–H and O–H groups in total. The standard InChI is InChI=1S/C21H16N2O4/c1-2-26-20(25)21(11-16(21)19(24)14-7-4-3-5-8-14)18(15(12-22)13-23)17-9-6-10-27-17/h3-10,16H,2,11H2,1H3/t16-,21+/m0/s1. The second kappa shape index (κ2) is 7.31. The zero-order valence-electron chi connectivity index (χ0n) is 14.6. The van der Waals surface area contributed by atoms with Crippen molar-refractivity contribution in [1.82, 2.24) is 0 Å². The van der Waals surface area contributed by atoms with Gasteiger partial charge in [0.05, 0.1) is 12.9 Å². The van der Waals surface area contributed by atoms with Crippen molar-refractivity contribution in [3.8, 4) is 12.1 Å². The smallest absolute Gasteiger partial charge is 0.317 e. The van der Waals surface area contributed by atoms with Gasteiger partial charge in [-0.05, 0) is 25.5 Å². The van der Waals surface area contributed by atoms with E-state index in [4.69, 9.17) is 9.15 Å². The van der Waals surface area contributed by atoms with Crippen LogP contribution in [0.25, 0.3) is 5.57 Å². The van der Waals surface area contributed by atoms with Crippen LogP contribution in [0.1, 0.15) is 29.5 Å². The molecule has 0 aliphatic heterocycles. The lowest BCUT2D eigenvalue weighted by Gasteiger charge is -2.18. The fourth-order valence-corrected chi connectivity index (χ4v) is 3.37. The molecule has 6 heteroatoms. The number of furan rings is 1. The first-order chi connectivity index (χ1) is 13.1. The van der Waals surface area contributed by atoms with E-state index in [1.165, 1.54) is 6.26 Å². The third kappa shape index (κ3) is 3.02. The molecule has 1 fully saturated rings. The first-order valence-electron chi connectivity index (χ1n) is 8.45. The average Bonchev–Trinajstić information content (AvgIpc) is 3.21. The lowest BCUT2D eigenvalue weighted by atomic mass is 9.85. The summed E-state index contributed by atoms with van der Waals surface area (Å²) in [5, 5.41) is 18.9. The second-order valence-electron chi connectivity index (χ2n) is 6.13. The van der Waals surface area contributed by atoms with E-state index in [2.05, 4.69) is 0 Å². The van der Waals surface area contributed by atoms with Gasteiger partial charge in [-0.2, -0.15) is 10.5 Å². The molecule has 0 saturated heterocycles. The molecule has 3 rings (SSSR count). The first kappa shape index (κ1) is 18.2. The van der Waals surface area contributed by atoms with Gasteiger partial charge < -0.3 is 9.15 Å². The monoisotopic (exact) mass is 360 g/mol. The summed E-state index contributed by atoms with van der Waals surface area (Å²) in [6.45, 7) is 1.78. The van der Waals surface area contributed by atoms with Gasteiger partial charge in [0.25, 0.3) is 0 Å². The van der Waals surface area contributed by atoms with Gasteiger partial charge in [-0.3, -0.25) is 9.59 Å². The third-order valence-electron chi connectivity index (χ3n) is 4.66. The summed E-state index contributed by atoms with van der Waals surface area (Å²) < 4.78 is 10.6. The van der Waals surface area contributed by atoms with Gasteiger partial charge in [-0.15, -0.1) is 0 Å². The van der Waals surface area contributed by atoms with Crippen LogP contribution < -0.4 is 0 Å². The molecule has 0 amide bonds. The van der Waals surface area contributed by atoms with Crippen LogP contribution in [0.2, 0.25) is 0 Å². The number of ketones is 1. The number of allylic oxidation sites excluding steroid dienone is 1. The van der Waals surface area contributed by atoms with Gasteiger partial charge in [0, 0.05) is 17.1 Å². The summed E-state index contributed by atoms with van der Waals surface area (Å²) in [7, 11) is 0. The highest BCUT2D eigenvalue weighted by Crippen LogP contribution is 2.63. The van der Waals surface area contributed by atoms with E-state index in [-0.39, 0.29) is 35.7 Å². The Hall–Kier alpha value is -3.64. The number of rotatable bonds is 6. The molecule has 134 valence electrons. The van der Waals surface area contributed by atoms with Crippen molar-refractivity contribution in [1.29, 1.82) is 10.5 Å². The Balaban J connectivity index is 2.14. The molecule has 0 spiro atoms. The number of hydrogen-bond acceptors (Lipinski definition) is 6. The van der Waals surface area contributed by atoms with Crippen LogP contribution in [0.3, 0.4) is 0 Å². The van der Waals surface area contributed by atoms with Crippen LogP contribution >= 0.6 is 0 Å². The molecule has 27 heavy (non-hydrogen) atoms. The van der Waals surface area contributed by atoms with E-state index in [0.717, 1.165) is 0 Å². The van der Waals surface area contributed by atoms with Gasteiger partial charge in [0.2, 0.25) is 0 Å². The Bertz CT molecular complexity index is 961. The summed E-state index contributed by atoms with van der Waals surface area (Å²) in [5.74, 6) is -1.38. The molecular formula is C21H16N2O4. The Morgan fingerprint density at radius 3 is 2.44 bits per heavy atom. The summed E-state index contributed by atoms with van der Waals surface area (Å²) in [5.41, 5.74) is -1.09. The second-order valence-corrected chi connectivity index (χ2v) is 6.13. The van der Waals surface area contributed by atoms with Crippen molar-refractivity contribution in [3.05, 3.63) is 65.6 Å². The maximum Gasteiger partial charge on any atom is 0.317 e. The van der Waals surface area contributed by atoms with Crippen LogP contribution in [-0.4, -0.2) is 18.4 Å². The Labute approximate surface area is 156 Å². The number of nitriles is 2. The molecule has 0 bridgehead atoms. The first-order valence-corrected chi connectivity index (χ1v) is 8.45. The van der Waals surface area contributed by atoms with E-state index in [0.29, 0.717) is 5.56 Å². The van der Waals surface area contributed by atoms with Crippen molar-refractivity contribution in [2.24, 2.45) is 11.3 Å². The van der Waals surface area contributed by atoms with Gasteiger partial charge in [-0.1, -0.05) is 30.3 Å². The average molecular weight is 360 g/mol. The molecular weight excluding hydrogens is 344 g/mol. The number of benzene rings is 1. The number of ether oxygens (including phenoxy) is 1. The molecule has 2 aromatic rings. The molecule has 1 aromatic heterocycles. The van der Waals surface area contributed by atoms with Crippen LogP contribution in [-0.2, 0) is 9.53 Å². The number of carbonyl (C=O) groups is 2. The highest BCUT2D eigenvalue weighted by atomic mass is 16.5. The summed E-state index contributed by atoms with van der Waals surface area (Å²) >= 11 is 0. The highest BCUT2D eigenvalue weighted by molar-refractivity contribution is 6.10. The quantitative estimate of drug-likeness (QED) is 0.443. The minimum atomic E-state index is -1.40. The van der Waals surface area contributed by atoms with Crippen LogP contribution in [0.15, 0.2) is 58.7 Å². The largest absolute Gasteiger partial charge is 0.465 e. The summed E-state index contributed by atoms with van der Waals surface area (Å²) in [4.78, 5) is 25.9. The van der Waals surface area contributed by atoms with E-state index in [1.807, 2.05) is 12.1 Å². The van der Waals surface area contributed by atoms with Crippen molar-refractivity contribution in [2.75, 3.05) is 6.61 Å². The fraction of sp³-hybridized carbons (Fsp3) is 0.238. The van der Waals surface area contributed by atoms with E-state index in [1.54, 1.807) is 49.4 Å². The number of hydrogen-bond donors (Lipinski definition) is 0. The van der Waals surface area contributed by atoms with E-state index >= 15 is 0 Å². The minimum Gasteiger partial charge on any atom is -0.465 e. The van der Waals surface area contributed by atoms with Crippen molar-refractivity contribution in [3.63, 3.8) is 0 Å². The van der Waals surface area contributed by atoms with Gasteiger partial charge in [0.15, 0.2) is 5.78 Å².